The number of rotatable bonds is 6. The summed E-state index contributed by atoms with van der Waals surface area (Å²) in [6.07, 6.45) is 4.96. The molecule has 1 aromatic carbocycles. The Kier molecular flexibility index (Phi) is 6.42. The predicted octanol–water partition coefficient (Wildman–Crippen LogP) is 4.54. The van der Waals surface area contributed by atoms with Crippen molar-refractivity contribution in [1.29, 1.82) is 0 Å². The van der Waals surface area contributed by atoms with Crippen LogP contribution in [0.25, 0.3) is 11.1 Å². The van der Waals surface area contributed by atoms with E-state index in [4.69, 9.17) is 4.74 Å². The quantitative estimate of drug-likeness (QED) is 0.535. The molecule has 1 N–H and O–H groups in total. The topological polar surface area (TPSA) is 71.5 Å². The highest BCUT2D eigenvalue weighted by Gasteiger charge is 2.46. The molecule has 0 spiro atoms. The van der Waals surface area contributed by atoms with Crippen molar-refractivity contribution in [3.8, 4) is 11.1 Å². The number of amides is 1. The standard InChI is InChI=1S/C26H31N3O3/c1-4-29-15-21-8-7-12-26(16-29,18(21)2)17-32-25(31)23-10-6-5-9-22(23)20-11-13-27-24(14-20)28-19(3)30/h5-6,9-11,13-14,21H,2,4,7-8,12,15-17H2,1,3H3,(H,27,28,30)/t21-,26+/m1/s1. The van der Waals surface area contributed by atoms with E-state index in [-0.39, 0.29) is 17.3 Å². The molecule has 168 valence electrons. The number of ether oxygens (including phenoxy) is 1. The highest BCUT2D eigenvalue weighted by Crippen LogP contribution is 2.47. The zero-order chi connectivity index (χ0) is 22.7. The monoisotopic (exact) mass is 433 g/mol. The lowest BCUT2D eigenvalue weighted by Crippen LogP contribution is -2.53. The first kappa shape index (κ1) is 22.2. The summed E-state index contributed by atoms with van der Waals surface area (Å²) in [6.45, 7) is 11.4. The minimum absolute atomic E-state index is 0.156. The lowest BCUT2D eigenvalue weighted by molar-refractivity contribution is -0.114. The Morgan fingerprint density at radius 3 is 2.91 bits per heavy atom. The van der Waals surface area contributed by atoms with Gasteiger partial charge >= 0.3 is 5.97 Å². The number of piperidine rings is 1. The smallest absolute Gasteiger partial charge is 0.338 e. The van der Waals surface area contributed by atoms with Crippen molar-refractivity contribution in [2.45, 2.75) is 33.1 Å². The SMILES string of the molecule is C=C1[C@@H]2CCC[C@@]1(COC(=O)c1ccccc1-c1ccnc(NC(C)=O)c1)CN(CC)C2. The van der Waals surface area contributed by atoms with Gasteiger partial charge in [-0.25, -0.2) is 9.78 Å². The van der Waals surface area contributed by atoms with Gasteiger partial charge in [-0.3, -0.25) is 4.79 Å². The Morgan fingerprint density at radius 1 is 1.31 bits per heavy atom. The highest BCUT2D eigenvalue weighted by molar-refractivity contribution is 5.98. The van der Waals surface area contributed by atoms with E-state index in [1.165, 1.54) is 18.9 Å². The molecule has 0 radical (unpaired) electrons. The molecular weight excluding hydrogens is 402 g/mol. The third-order valence-corrected chi connectivity index (χ3v) is 6.84. The molecule has 1 aromatic heterocycles. The van der Waals surface area contributed by atoms with E-state index in [0.717, 1.165) is 43.6 Å². The fraction of sp³-hybridized carbons (Fsp3) is 0.423. The number of hydrogen-bond acceptors (Lipinski definition) is 5. The van der Waals surface area contributed by atoms with Crippen molar-refractivity contribution in [2.24, 2.45) is 11.3 Å². The van der Waals surface area contributed by atoms with E-state index < -0.39 is 0 Å². The van der Waals surface area contributed by atoms with Crippen molar-refractivity contribution in [1.82, 2.24) is 9.88 Å². The Morgan fingerprint density at radius 2 is 2.12 bits per heavy atom. The summed E-state index contributed by atoms with van der Waals surface area (Å²) >= 11 is 0. The number of aromatic nitrogens is 1. The number of anilines is 1. The van der Waals surface area contributed by atoms with Crippen LogP contribution in [-0.4, -0.2) is 48.0 Å². The molecule has 4 rings (SSSR count). The van der Waals surface area contributed by atoms with Gasteiger partial charge in [0.1, 0.15) is 12.4 Å². The number of likely N-dealkylation sites (tertiary alicyclic amines) is 1. The maximum Gasteiger partial charge on any atom is 0.338 e. The number of nitrogens with one attached hydrogen (secondary N) is 1. The minimum atomic E-state index is -0.337. The normalized spacial score (nSPS) is 22.9. The molecule has 2 fully saturated rings. The van der Waals surface area contributed by atoms with Crippen LogP contribution in [0.5, 0.6) is 0 Å². The van der Waals surface area contributed by atoms with Crippen molar-refractivity contribution in [3.05, 3.63) is 60.3 Å². The van der Waals surface area contributed by atoms with Gasteiger partial charge in [-0.2, -0.15) is 0 Å². The molecule has 1 aliphatic carbocycles. The Balaban J connectivity index is 1.55. The number of fused-ring (bicyclic) bond motifs is 2. The van der Waals surface area contributed by atoms with Crippen LogP contribution in [0.4, 0.5) is 5.82 Å². The largest absolute Gasteiger partial charge is 0.461 e. The van der Waals surface area contributed by atoms with Gasteiger partial charge in [0.15, 0.2) is 0 Å². The molecule has 2 aromatic rings. The lowest BCUT2D eigenvalue weighted by atomic mass is 9.63. The first-order valence-electron chi connectivity index (χ1n) is 11.3. The summed E-state index contributed by atoms with van der Waals surface area (Å²) in [5.74, 6) is 0.411. The molecule has 1 aliphatic heterocycles. The second kappa shape index (κ2) is 9.25. The number of nitrogens with zero attached hydrogens (tertiary/aromatic N) is 2. The van der Waals surface area contributed by atoms with E-state index in [9.17, 15) is 9.59 Å². The molecule has 0 unspecified atom stereocenters. The van der Waals surface area contributed by atoms with Crippen molar-refractivity contribution in [2.75, 3.05) is 31.6 Å². The maximum absolute atomic E-state index is 13.2. The lowest BCUT2D eigenvalue weighted by Gasteiger charge is -2.51. The molecule has 2 aliphatic rings. The molecule has 1 saturated carbocycles. The second-order valence-corrected chi connectivity index (χ2v) is 8.96. The van der Waals surface area contributed by atoms with Gasteiger partial charge in [-0.05, 0) is 54.6 Å². The predicted molar refractivity (Wildman–Crippen MR) is 125 cm³/mol. The number of carbonyl (C=O) groups excluding carboxylic acids is 2. The second-order valence-electron chi connectivity index (χ2n) is 8.96. The van der Waals surface area contributed by atoms with Gasteiger partial charge in [0.25, 0.3) is 0 Å². The Labute approximate surface area is 189 Å². The molecule has 2 bridgehead atoms. The summed E-state index contributed by atoms with van der Waals surface area (Å²) in [7, 11) is 0. The molecule has 1 saturated heterocycles. The zero-order valence-corrected chi connectivity index (χ0v) is 18.9. The van der Waals surface area contributed by atoms with Gasteiger partial charge in [-0.15, -0.1) is 0 Å². The first-order valence-corrected chi connectivity index (χ1v) is 11.3. The van der Waals surface area contributed by atoms with E-state index in [1.807, 2.05) is 24.3 Å². The molecule has 32 heavy (non-hydrogen) atoms. The average molecular weight is 434 g/mol. The van der Waals surface area contributed by atoms with Crippen molar-refractivity contribution >= 4 is 17.7 Å². The fourth-order valence-corrected chi connectivity index (χ4v) is 5.13. The highest BCUT2D eigenvalue weighted by atomic mass is 16.5. The summed E-state index contributed by atoms with van der Waals surface area (Å²) in [5, 5.41) is 2.69. The van der Waals surface area contributed by atoms with Crippen LogP contribution >= 0.6 is 0 Å². The number of hydrogen-bond donors (Lipinski definition) is 1. The third-order valence-electron chi connectivity index (χ3n) is 6.84. The number of benzene rings is 1. The van der Waals surface area contributed by atoms with Crippen LogP contribution in [-0.2, 0) is 9.53 Å². The van der Waals surface area contributed by atoms with Gasteiger partial charge in [0.2, 0.25) is 5.91 Å². The van der Waals surface area contributed by atoms with Gasteiger partial charge in [0.05, 0.1) is 5.56 Å². The van der Waals surface area contributed by atoms with Crippen LogP contribution in [0.3, 0.4) is 0 Å². The van der Waals surface area contributed by atoms with Gasteiger partial charge < -0.3 is 15.0 Å². The number of pyridine rings is 1. The summed E-state index contributed by atoms with van der Waals surface area (Å²) in [5.41, 5.74) is 3.15. The minimum Gasteiger partial charge on any atom is -0.461 e. The Bertz CT molecular complexity index is 1030. The van der Waals surface area contributed by atoms with E-state index >= 15 is 0 Å². The van der Waals surface area contributed by atoms with Crippen LogP contribution in [0.2, 0.25) is 0 Å². The zero-order valence-electron chi connectivity index (χ0n) is 18.9. The van der Waals surface area contributed by atoms with Crippen LogP contribution in [0.15, 0.2) is 54.7 Å². The van der Waals surface area contributed by atoms with Crippen LogP contribution < -0.4 is 5.32 Å². The van der Waals surface area contributed by atoms with Crippen molar-refractivity contribution in [3.63, 3.8) is 0 Å². The molecule has 6 nitrogen and oxygen atoms in total. The Hall–Kier alpha value is -2.99. The van der Waals surface area contributed by atoms with E-state index in [2.05, 4.69) is 28.7 Å². The summed E-state index contributed by atoms with van der Waals surface area (Å²) < 4.78 is 5.95. The number of esters is 1. The van der Waals surface area contributed by atoms with Crippen LogP contribution in [0, 0.1) is 11.3 Å². The molecule has 6 heteroatoms. The summed E-state index contributed by atoms with van der Waals surface area (Å²) in [4.78, 5) is 31.2. The fourth-order valence-electron chi connectivity index (χ4n) is 5.13. The number of carbonyl (C=O) groups is 2. The molecule has 1 amide bonds. The first-order chi connectivity index (χ1) is 15.4. The van der Waals surface area contributed by atoms with Gasteiger partial charge in [-0.1, -0.05) is 43.7 Å². The third kappa shape index (κ3) is 4.46. The average Bonchev–Trinajstić information content (AvgIpc) is 2.78. The van der Waals surface area contributed by atoms with Crippen LogP contribution in [0.1, 0.15) is 43.5 Å². The molecule has 2 atom stereocenters. The van der Waals surface area contributed by atoms with Gasteiger partial charge in [0, 0.05) is 31.6 Å². The summed E-state index contributed by atoms with van der Waals surface area (Å²) in [6, 6.07) is 11.0. The van der Waals surface area contributed by atoms with Crippen molar-refractivity contribution < 1.29 is 14.3 Å². The van der Waals surface area contributed by atoms with E-state index in [0.29, 0.717) is 23.9 Å². The molecular formula is C26H31N3O3. The maximum atomic E-state index is 13.2. The molecule has 2 heterocycles. The van der Waals surface area contributed by atoms with E-state index in [1.54, 1.807) is 18.3 Å².